The molecule has 3 N–H and O–H groups in total. The van der Waals surface area contributed by atoms with Crippen LogP contribution >= 0.6 is 24.8 Å². The molecule has 0 aromatic carbocycles. The third-order valence-corrected chi connectivity index (χ3v) is 5.82. The molecule has 1 aliphatic carbocycles. The maximum absolute atomic E-state index is 12.9. The van der Waals surface area contributed by atoms with E-state index >= 15 is 0 Å². The number of ether oxygens (including phenoxy) is 1. The number of nitrogens with zero attached hydrogens (tertiary/aromatic N) is 2. The van der Waals surface area contributed by atoms with E-state index in [0.717, 1.165) is 57.5 Å². The topological polar surface area (TPSA) is 101 Å². The molecule has 2 fully saturated rings. The van der Waals surface area contributed by atoms with Crippen LogP contribution in [0.1, 0.15) is 62.9 Å². The summed E-state index contributed by atoms with van der Waals surface area (Å²) in [5.41, 5.74) is 7.01. The van der Waals surface area contributed by atoms with Gasteiger partial charge in [-0.15, -0.1) is 24.8 Å². The van der Waals surface area contributed by atoms with Crippen molar-refractivity contribution in [1.82, 2.24) is 14.9 Å². The van der Waals surface area contributed by atoms with E-state index in [2.05, 4.69) is 16.9 Å². The molecule has 3 rings (SSSR count). The largest absolute Gasteiger partial charge is 0.377 e. The zero-order chi connectivity index (χ0) is 19.4. The number of nitrogens with one attached hydrogen (secondary N) is 1. The summed E-state index contributed by atoms with van der Waals surface area (Å²) in [5.74, 6) is 1.13. The highest BCUT2D eigenvalue weighted by molar-refractivity contribution is 5.85. The number of carbonyl (C=O) groups is 1. The fourth-order valence-electron chi connectivity index (χ4n) is 4.34. The number of aromatic amines is 1. The van der Waals surface area contributed by atoms with Crippen molar-refractivity contribution in [2.45, 2.75) is 70.4 Å². The predicted molar refractivity (Wildman–Crippen MR) is 118 cm³/mol. The fraction of sp³-hybridized carbons (Fsp3) is 0.750. The second kappa shape index (κ2) is 11.9. The highest BCUT2D eigenvalue weighted by Crippen LogP contribution is 2.31. The Morgan fingerprint density at radius 1 is 1.28 bits per heavy atom. The van der Waals surface area contributed by atoms with Crippen LogP contribution < -0.4 is 11.3 Å². The molecule has 2 heterocycles. The van der Waals surface area contributed by atoms with Crippen molar-refractivity contribution >= 4 is 30.7 Å². The molecule has 1 aliphatic heterocycles. The first-order chi connectivity index (χ1) is 13.0. The number of nitrogens with two attached hydrogens (primary N) is 1. The molecule has 1 amide bonds. The van der Waals surface area contributed by atoms with E-state index in [1.165, 1.54) is 0 Å². The average Bonchev–Trinajstić information content (AvgIpc) is 2.66. The molecule has 9 heteroatoms. The molecule has 1 aromatic heterocycles. The van der Waals surface area contributed by atoms with E-state index in [1.54, 1.807) is 13.0 Å². The number of hydrogen-bond donors (Lipinski definition) is 2. The van der Waals surface area contributed by atoms with Gasteiger partial charge in [0.2, 0.25) is 5.91 Å². The zero-order valence-corrected chi connectivity index (χ0v) is 18.9. The Balaban J connectivity index is 0.00000210. The van der Waals surface area contributed by atoms with Gasteiger partial charge in [0.05, 0.1) is 11.8 Å². The van der Waals surface area contributed by atoms with Crippen LogP contribution in [0.15, 0.2) is 10.9 Å². The smallest absolute Gasteiger partial charge is 0.251 e. The average molecular weight is 449 g/mol. The summed E-state index contributed by atoms with van der Waals surface area (Å²) in [5, 5.41) is 0. The molecule has 7 nitrogen and oxygen atoms in total. The summed E-state index contributed by atoms with van der Waals surface area (Å²) in [6.07, 6.45) is 5.21. The number of H-pyrrole nitrogens is 1. The van der Waals surface area contributed by atoms with Crippen molar-refractivity contribution in [1.29, 1.82) is 0 Å². The Morgan fingerprint density at radius 3 is 2.55 bits per heavy atom. The number of rotatable bonds is 5. The standard InChI is InChI=1S/C20H32N4O3.2ClH/c1-3-10-27-18-5-4-15(11-16(18)21)20(26)24-8-6-14(7-9-24)17-12-19(25)23-13(2)22-17;;/h12,14-16,18H,3-11,21H2,1-2H3,(H,22,23,25);2*1H/t15-,16+,18+;;/m0../s1. The van der Waals surface area contributed by atoms with Crippen LogP contribution in [0.5, 0.6) is 0 Å². The van der Waals surface area contributed by atoms with Gasteiger partial charge >= 0.3 is 0 Å². The van der Waals surface area contributed by atoms with Crippen molar-refractivity contribution < 1.29 is 9.53 Å². The summed E-state index contributed by atoms with van der Waals surface area (Å²) in [6, 6.07) is 1.53. The maximum atomic E-state index is 12.9. The second-order valence-electron chi connectivity index (χ2n) is 7.94. The molecule has 1 saturated heterocycles. The minimum Gasteiger partial charge on any atom is -0.377 e. The maximum Gasteiger partial charge on any atom is 0.251 e. The van der Waals surface area contributed by atoms with Gasteiger partial charge in [-0.3, -0.25) is 9.59 Å². The van der Waals surface area contributed by atoms with Crippen molar-refractivity contribution in [3.05, 3.63) is 27.9 Å². The molecule has 0 bridgehead atoms. The van der Waals surface area contributed by atoms with Gasteiger partial charge in [0.25, 0.3) is 5.56 Å². The van der Waals surface area contributed by atoms with Gasteiger partial charge in [0.1, 0.15) is 5.82 Å². The first kappa shape index (κ1) is 25.9. The van der Waals surface area contributed by atoms with Crippen LogP contribution in [-0.4, -0.2) is 52.6 Å². The highest BCUT2D eigenvalue weighted by Gasteiger charge is 2.35. The van der Waals surface area contributed by atoms with Gasteiger partial charge in [0.15, 0.2) is 0 Å². The monoisotopic (exact) mass is 448 g/mol. The Kier molecular flexibility index (Phi) is 10.6. The van der Waals surface area contributed by atoms with Crippen LogP contribution in [0, 0.1) is 12.8 Å². The van der Waals surface area contributed by atoms with Crippen LogP contribution in [0.2, 0.25) is 0 Å². The van der Waals surface area contributed by atoms with E-state index < -0.39 is 0 Å². The molecule has 0 unspecified atom stereocenters. The quantitative estimate of drug-likeness (QED) is 0.720. The molecular formula is C20H34Cl2N4O3. The molecule has 3 atom stereocenters. The SMILES string of the molecule is CCCO[C@@H]1CC[C@H](C(=O)N2CCC(c3cc(=O)[nH]c(C)n3)CC2)C[C@H]1N.Cl.Cl. The normalized spacial score (nSPS) is 25.1. The van der Waals surface area contributed by atoms with Crippen molar-refractivity contribution in [2.75, 3.05) is 19.7 Å². The lowest BCUT2D eigenvalue weighted by Gasteiger charge is -2.38. The summed E-state index contributed by atoms with van der Waals surface area (Å²) in [7, 11) is 0. The van der Waals surface area contributed by atoms with Crippen molar-refractivity contribution in [2.24, 2.45) is 11.7 Å². The first-order valence-electron chi connectivity index (χ1n) is 10.2. The van der Waals surface area contributed by atoms with Gasteiger partial charge in [-0.2, -0.15) is 0 Å². The zero-order valence-electron chi connectivity index (χ0n) is 17.3. The first-order valence-corrected chi connectivity index (χ1v) is 10.2. The van der Waals surface area contributed by atoms with E-state index in [0.29, 0.717) is 12.2 Å². The number of aromatic nitrogens is 2. The van der Waals surface area contributed by atoms with Crippen LogP contribution in [0.4, 0.5) is 0 Å². The lowest BCUT2D eigenvalue weighted by Crippen LogP contribution is -2.48. The van der Waals surface area contributed by atoms with E-state index in [-0.39, 0.29) is 60.3 Å². The molecule has 1 aromatic rings. The summed E-state index contributed by atoms with van der Waals surface area (Å²) < 4.78 is 5.82. The molecule has 2 aliphatic rings. The van der Waals surface area contributed by atoms with E-state index in [1.807, 2.05) is 4.90 Å². The Labute approximate surface area is 185 Å². The number of amides is 1. The number of halogens is 2. The van der Waals surface area contributed by atoms with Crippen LogP contribution in [0.3, 0.4) is 0 Å². The number of hydrogen-bond acceptors (Lipinski definition) is 5. The number of carbonyl (C=O) groups excluding carboxylic acids is 1. The minimum atomic E-state index is -0.105. The lowest BCUT2D eigenvalue weighted by molar-refractivity contribution is -0.139. The Morgan fingerprint density at radius 2 is 1.97 bits per heavy atom. The molecule has 166 valence electrons. The van der Waals surface area contributed by atoms with Crippen molar-refractivity contribution in [3.63, 3.8) is 0 Å². The van der Waals surface area contributed by atoms with Gasteiger partial charge in [0, 0.05) is 43.6 Å². The van der Waals surface area contributed by atoms with Gasteiger partial charge in [-0.05, 0) is 45.4 Å². The molecule has 29 heavy (non-hydrogen) atoms. The van der Waals surface area contributed by atoms with Crippen LogP contribution in [0.25, 0.3) is 0 Å². The van der Waals surface area contributed by atoms with Crippen LogP contribution in [-0.2, 0) is 9.53 Å². The van der Waals surface area contributed by atoms with E-state index in [9.17, 15) is 9.59 Å². The Bertz CT molecular complexity index is 707. The minimum absolute atomic E-state index is 0. The lowest BCUT2D eigenvalue weighted by atomic mass is 9.82. The van der Waals surface area contributed by atoms with Crippen molar-refractivity contribution in [3.8, 4) is 0 Å². The second-order valence-corrected chi connectivity index (χ2v) is 7.94. The molecular weight excluding hydrogens is 415 g/mol. The third-order valence-electron chi connectivity index (χ3n) is 5.82. The summed E-state index contributed by atoms with van der Waals surface area (Å²) in [6.45, 7) is 6.07. The Hall–Kier alpha value is -1.15. The highest BCUT2D eigenvalue weighted by atomic mass is 35.5. The van der Waals surface area contributed by atoms with Gasteiger partial charge < -0.3 is 20.4 Å². The predicted octanol–water partition coefficient (Wildman–Crippen LogP) is 2.55. The van der Waals surface area contributed by atoms with Gasteiger partial charge in [-0.1, -0.05) is 6.92 Å². The fourth-order valence-corrected chi connectivity index (χ4v) is 4.34. The number of likely N-dealkylation sites (tertiary alicyclic amines) is 1. The number of aryl methyl sites for hydroxylation is 1. The third kappa shape index (κ3) is 6.67. The number of piperidine rings is 1. The molecule has 0 radical (unpaired) electrons. The summed E-state index contributed by atoms with van der Waals surface area (Å²) >= 11 is 0. The molecule has 1 saturated carbocycles. The van der Waals surface area contributed by atoms with E-state index in [4.69, 9.17) is 10.5 Å². The summed E-state index contributed by atoms with van der Waals surface area (Å²) in [4.78, 5) is 33.7. The van der Waals surface area contributed by atoms with Gasteiger partial charge in [-0.25, -0.2) is 4.98 Å². The molecule has 0 spiro atoms.